The molecule has 1 aliphatic carbocycles. The van der Waals surface area contributed by atoms with E-state index in [4.69, 9.17) is 0 Å². The average molecular weight is 510 g/mol. The van der Waals surface area contributed by atoms with E-state index in [1.807, 2.05) is 18.2 Å². The van der Waals surface area contributed by atoms with Crippen LogP contribution in [0.5, 0.6) is 0 Å². The predicted octanol–water partition coefficient (Wildman–Crippen LogP) is 4.11. The summed E-state index contributed by atoms with van der Waals surface area (Å²) in [7, 11) is -3.76. The molecule has 2 N–H and O–H groups in total. The Hall–Kier alpha value is -2.71. The van der Waals surface area contributed by atoms with Gasteiger partial charge in [-0.15, -0.1) is 0 Å². The number of nitrogens with one attached hydrogen (secondary N) is 2. The topological polar surface area (TPSA) is 95.6 Å². The van der Waals surface area contributed by atoms with Crippen molar-refractivity contribution in [1.82, 2.24) is 9.62 Å². The molecule has 2 amide bonds. The second kappa shape index (κ2) is 9.98. The van der Waals surface area contributed by atoms with E-state index in [9.17, 15) is 18.0 Å². The number of rotatable bonds is 6. The molecule has 8 heteroatoms. The monoisotopic (exact) mass is 509 g/mol. The molecule has 0 aromatic heterocycles. The van der Waals surface area contributed by atoms with Crippen molar-refractivity contribution in [3.05, 3.63) is 60.2 Å². The van der Waals surface area contributed by atoms with Gasteiger partial charge in [0.2, 0.25) is 21.8 Å². The number of carbonyl (C=O) groups excluding carboxylic acids is 2. The van der Waals surface area contributed by atoms with E-state index in [0.29, 0.717) is 18.5 Å². The number of hydrogen-bond donors (Lipinski definition) is 2. The van der Waals surface area contributed by atoms with Gasteiger partial charge in [-0.2, -0.15) is 0 Å². The molecule has 2 aromatic rings. The highest BCUT2D eigenvalue weighted by Crippen LogP contribution is 2.52. The summed E-state index contributed by atoms with van der Waals surface area (Å²) in [5.74, 6) is 0.425. The van der Waals surface area contributed by atoms with Gasteiger partial charge >= 0.3 is 0 Å². The normalized spacial score (nSPS) is 28.2. The zero-order valence-electron chi connectivity index (χ0n) is 20.8. The van der Waals surface area contributed by atoms with Crippen LogP contribution in [-0.2, 0) is 26.0 Å². The van der Waals surface area contributed by atoms with Crippen molar-refractivity contribution in [3.63, 3.8) is 0 Å². The SMILES string of the molecule is CC(=O)Nc1ccc(S(=O)(=O)N[C@H]2CC[C@@]34CCCN3C(=O)CCC[C@H]4[C@H]2Cc2ccccc2)cc1. The maximum absolute atomic E-state index is 13.5. The molecule has 2 heterocycles. The van der Waals surface area contributed by atoms with Gasteiger partial charge < -0.3 is 10.2 Å². The summed E-state index contributed by atoms with van der Waals surface area (Å²) >= 11 is 0. The zero-order valence-corrected chi connectivity index (χ0v) is 21.6. The number of carbonyl (C=O) groups is 2. The summed E-state index contributed by atoms with van der Waals surface area (Å²) in [6.45, 7) is 2.24. The van der Waals surface area contributed by atoms with E-state index < -0.39 is 10.0 Å². The van der Waals surface area contributed by atoms with Crippen LogP contribution in [0.2, 0.25) is 0 Å². The van der Waals surface area contributed by atoms with Crippen molar-refractivity contribution in [2.45, 2.75) is 74.8 Å². The summed E-state index contributed by atoms with van der Waals surface area (Å²) in [6.07, 6.45) is 6.76. The van der Waals surface area contributed by atoms with Gasteiger partial charge in [-0.3, -0.25) is 9.59 Å². The fourth-order valence-corrected chi connectivity index (χ4v) is 8.32. The Balaban J connectivity index is 1.45. The minimum absolute atomic E-state index is 0.0982. The van der Waals surface area contributed by atoms with Crippen molar-refractivity contribution in [2.24, 2.45) is 11.8 Å². The highest BCUT2D eigenvalue weighted by atomic mass is 32.2. The quantitative estimate of drug-likeness (QED) is 0.613. The Labute approximate surface area is 213 Å². The van der Waals surface area contributed by atoms with Crippen molar-refractivity contribution in [1.29, 1.82) is 0 Å². The van der Waals surface area contributed by atoms with E-state index in [1.165, 1.54) is 24.6 Å². The number of hydrogen-bond acceptors (Lipinski definition) is 4. The molecule has 0 radical (unpaired) electrons. The van der Waals surface area contributed by atoms with Crippen molar-refractivity contribution >= 4 is 27.5 Å². The first kappa shape index (κ1) is 25.0. The third-order valence-electron chi connectivity index (χ3n) is 8.45. The van der Waals surface area contributed by atoms with Crippen LogP contribution in [-0.4, -0.2) is 43.3 Å². The lowest BCUT2D eigenvalue weighted by atomic mass is 9.61. The summed E-state index contributed by atoms with van der Waals surface area (Å²) in [5, 5.41) is 2.67. The van der Waals surface area contributed by atoms with E-state index in [1.54, 1.807) is 12.1 Å². The maximum Gasteiger partial charge on any atom is 0.240 e. The third-order valence-corrected chi connectivity index (χ3v) is 9.96. The van der Waals surface area contributed by atoms with Crippen LogP contribution in [0.15, 0.2) is 59.5 Å². The smallest absolute Gasteiger partial charge is 0.240 e. The summed E-state index contributed by atoms with van der Waals surface area (Å²) in [4.78, 5) is 26.7. The van der Waals surface area contributed by atoms with Gasteiger partial charge in [-0.25, -0.2) is 13.1 Å². The van der Waals surface area contributed by atoms with Gasteiger partial charge in [-0.1, -0.05) is 30.3 Å². The molecule has 0 unspecified atom stereocenters. The molecule has 1 spiro atoms. The number of benzene rings is 2. The Morgan fingerprint density at radius 2 is 1.78 bits per heavy atom. The van der Waals surface area contributed by atoms with Crippen LogP contribution in [0.1, 0.15) is 57.4 Å². The zero-order chi connectivity index (χ0) is 25.3. The molecular formula is C28H35N3O4S. The van der Waals surface area contributed by atoms with Gasteiger partial charge in [0.15, 0.2) is 0 Å². The standard InChI is InChI=1S/C28H35N3O4S/c1-20(32)29-22-11-13-23(14-12-22)36(34,35)30-26-15-17-28-16-6-18-31(28)27(33)10-5-9-25(28)24(26)19-21-7-3-2-4-8-21/h2-4,7-8,11-14,24-26,30H,5-6,9-10,15-19H2,1H3,(H,29,32)/t24-,25+,26+,28-/m1/s1. The molecule has 4 atom stereocenters. The maximum atomic E-state index is 13.5. The Kier molecular flexibility index (Phi) is 6.92. The van der Waals surface area contributed by atoms with Crippen LogP contribution in [0.4, 0.5) is 5.69 Å². The van der Waals surface area contributed by atoms with Crippen LogP contribution >= 0.6 is 0 Å². The highest BCUT2D eigenvalue weighted by Gasteiger charge is 2.56. The number of nitrogens with zero attached hydrogens (tertiary/aromatic N) is 1. The van der Waals surface area contributed by atoms with E-state index >= 15 is 0 Å². The molecule has 1 saturated carbocycles. The van der Waals surface area contributed by atoms with E-state index in [2.05, 4.69) is 27.1 Å². The molecule has 2 saturated heterocycles. The fourth-order valence-electron chi connectivity index (χ4n) is 7.00. The first-order chi connectivity index (χ1) is 17.3. The predicted molar refractivity (Wildman–Crippen MR) is 139 cm³/mol. The molecule has 36 heavy (non-hydrogen) atoms. The van der Waals surface area contributed by atoms with Gasteiger partial charge in [0.1, 0.15) is 0 Å². The molecule has 2 aliphatic heterocycles. The number of amides is 2. The average Bonchev–Trinajstić information content (AvgIpc) is 3.22. The van der Waals surface area contributed by atoms with E-state index in [0.717, 1.165) is 45.1 Å². The Bertz CT molecular complexity index is 1220. The van der Waals surface area contributed by atoms with Crippen LogP contribution < -0.4 is 10.0 Å². The summed E-state index contributed by atoms with van der Waals surface area (Å²) in [5.41, 5.74) is 1.62. The first-order valence-electron chi connectivity index (χ1n) is 13.0. The molecular weight excluding hydrogens is 474 g/mol. The van der Waals surface area contributed by atoms with Gasteiger partial charge in [0.05, 0.1) is 4.90 Å². The lowest BCUT2D eigenvalue weighted by Crippen LogP contribution is -2.60. The second-order valence-corrected chi connectivity index (χ2v) is 12.3. The minimum atomic E-state index is -3.76. The number of sulfonamides is 1. The molecule has 3 aliphatic rings. The van der Waals surface area contributed by atoms with Gasteiger partial charge in [-0.05, 0) is 86.6 Å². The Morgan fingerprint density at radius 3 is 2.50 bits per heavy atom. The fraction of sp³-hybridized carbons (Fsp3) is 0.500. The third kappa shape index (κ3) is 4.81. The van der Waals surface area contributed by atoms with Crippen LogP contribution in [0, 0.1) is 11.8 Å². The van der Waals surface area contributed by atoms with Crippen LogP contribution in [0.25, 0.3) is 0 Å². The second-order valence-electron chi connectivity index (χ2n) is 10.6. The molecule has 2 aromatic carbocycles. The van der Waals surface area contributed by atoms with Crippen molar-refractivity contribution < 1.29 is 18.0 Å². The molecule has 3 fully saturated rings. The summed E-state index contributed by atoms with van der Waals surface area (Å²) < 4.78 is 30.0. The minimum Gasteiger partial charge on any atom is -0.337 e. The van der Waals surface area contributed by atoms with Gasteiger partial charge in [0, 0.05) is 37.2 Å². The largest absolute Gasteiger partial charge is 0.337 e. The molecule has 5 rings (SSSR count). The highest BCUT2D eigenvalue weighted by molar-refractivity contribution is 7.89. The number of anilines is 1. The molecule has 0 bridgehead atoms. The Morgan fingerprint density at radius 1 is 1.03 bits per heavy atom. The lowest BCUT2D eigenvalue weighted by molar-refractivity contribution is -0.138. The van der Waals surface area contributed by atoms with Crippen LogP contribution in [0.3, 0.4) is 0 Å². The molecule has 192 valence electrons. The first-order valence-corrected chi connectivity index (χ1v) is 14.5. The van der Waals surface area contributed by atoms with E-state index in [-0.39, 0.29) is 40.1 Å². The molecule has 7 nitrogen and oxygen atoms in total. The summed E-state index contributed by atoms with van der Waals surface area (Å²) in [6, 6.07) is 16.4. The van der Waals surface area contributed by atoms with Crippen molar-refractivity contribution in [3.8, 4) is 0 Å². The lowest BCUT2D eigenvalue weighted by Gasteiger charge is -2.53. The van der Waals surface area contributed by atoms with Crippen molar-refractivity contribution in [2.75, 3.05) is 11.9 Å². The van der Waals surface area contributed by atoms with Gasteiger partial charge in [0.25, 0.3) is 0 Å².